The highest BCUT2D eigenvalue weighted by Gasteiger charge is 2.22. The van der Waals surface area contributed by atoms with Crippen LogP contribution in [0.1, 0.15) is 24.5 Å². The minimum absolute atomic E-state index is 0.00189. The van der Waals surface area contributed by atoms with Gasteiger partial charge in [0.15, 0.2) is 11.5 Å². The molecule has 1 aliphatic heterocycles. The summed E-state index contributed by atoms with van der Waals surface area (Å²) in [6.45, 7) is 2.48. The molecule has 1 aliphatic rings. The molecule has 0 fully saturated rings. The SMILES string of the molecule is CC1COc2cc(Br)c(CC(CCc3ccc(O)cc3)C(N)=O)cc2O1. The highest BCUT2D eigenvalue weighted by atomic mass is 79.9. The summed E-state index contributed by atoms with van der Waals surface area (Å²) in [6, 6.07) is 10.8. The van der Waals surface area contributed by atoms with Gasteiger partial charge in [-0.3, -0.25) is 4.79 Å². The number of phenolic OH excluding ortho intramolecular Hbond substituents is 1. The molecule has 0 bridgehead atoms. The predicted octanol–water partition coefficient (Wildman–Crippen LogP) is 3.59. The second kappa shape index (κ2) is 7.99. The van der Waals surface area contributed by atoms with Gasteiger partial charge in [0.05, 0.1) is 0 Å². The summed E-state index contributed by atoms with van der Waals surface area (Å²) in [7, 11) is 0. The third kappa shape index (κ3) is 4.49. The van der Waals surface area contributed by atoms with Crippen molar-refractivity contribution < 1.29 is 19.4 Å². The lowest BCUT2D eigenvalue weighted by atomic mass is 9.92. The number of amides is 1. The van der Waals surface area contributed by atoms with Gasteiger partial charge in [-0.25, -0.2) is 0 Å². The van der Waals surface area contributed by atoms with Crippen LogP contribution in [0.5, 0.6) is 17.2 Å². The fraction of sp³-hybridized carbons (Fsp3) is 0.350. The van der Waals surface area contributed by atoms with Gasteiger partial charge in [0.2, 0.25) is 5.91 Å². The molecule has 138 valence electrons. The number of aromatic hydroxyl groups is 1. The van der Waals surface area contributed by atoms with E-state index in [0.29, 0.717) is 37.4 Å². The van der Waals surface area contributed by atoms with E-state index in [1.54, 1.807) is 12.1 Å². The molecule has 1 amide bonds. The molecule has 0 aromatic heterocycles. The zero-order valence-electron chi connectivity index (χ0n) is 14.6. The number of carbonyl (C=O) groups is 1. The van der Waals surface area contributed by atoms with Crippen molar-refractivity contribution >= 4 is 21.8 Å². The lowest BCUT2D eigenvalue weighted by molar-refractivity contribution is -0.121. The fourth-order valence-electron chi connectivity index (χ4n) is 3.01. The van der Waals surface area contributed by atoms with Crippen LogP contribution in [0.25, 0.3) is 0 Å². The second-order valence-electron chi connectivity index (χ2n) is 6.64. The van der Waals surface area contributed by atoms with Crippen molar-refractivity contribution in [2.75, 3.05) is 6.61 Å². The van der Waals surface area contributed by atoms with Crippen molar-refractivity contribution in [1.29, 1.82) is 0 Å². The van der Waals surface area contributed by atoms with Gasteiger partial charge >= 0.3 is 0 Å². The van der Waals surface area contributed by atoms with Crippen molar-refractivity contribution in [3.05, 3.63) is 52.0 Å². The van der Waals surface area contributed by atoms with Crippen molar-refractivity contribution in [3.63, 3.8) is 0 Å². The third-order valence-electron chi connectivity index (χ3n) is 4.50. The Labute approximate surface area is 161 Å². The molecule has 1 heterocycles. The minimum atomic E-state index is -0.320. The zero-order valence-corrected chi connectivity index (χ0v) is 16.2. The molecule has 2 aromatic carbocycles. The van der Waals surface area contributed by atoms with Crippen LogP contribution < -0.4 is 15.2 Å². The molecule has 3 N–H and O–H groups in total. The normalized spacial score (nSPS) is 16.9. The molecule has 0 saturated carbocycles. The molecule has 0 spiro atoms. The van der Waals surface area contributed by atoms with Gasteiger partial charge in [-0.05, 0) is 61.6 Å². The monoisotopic (exact) mass is 419 g/mol. The molecular weight excluding hydrogens is 398 g/mol. The number of benzene rings is 2. The maximum atomic E-state index is 11.9. The molecule has 0 saturated heterocycles. The predicted molar refractivity (Wildman–Crippen MR) is 103 cm³/mol. The van der Waals surface area contributed by atoms with Gasteiger partial charge in [0, 0.05) is 10.4 Å². The molecule has 3 rings (SSSR count). The number of aryl methyl sites for hydroxylation is 1. The van der Waals surface area contributed by atoms with Crippen molar-refractivity contribution in [2.24, 2.45) is 11.7 Å². The van der Waals surface area contributed by atoms with Crippen LogP contribution >= 0.6 is 15.9 Å². The highest BCUT2D eigenvalue weighted by molar-refractivity contribution is 9.10. The number of carbonyl (C=O) groups excluding carboxylic acids is 1. The molecule has 5 nitrogen and oxygen atoms in total. The number of halogens is 1. The number of phenols is 1. The average molecular weight is 420 g/mol. The molecule has 2 atom stereocenters. The van der Waals surface area contributed by atoms with E-state index in [9.17, 15) is 9.90 Å². The standard InChI is InChI=1S/C20H22BrNO4/c1-12-11-25-18-10-17(21)15(9-19(18)26-12)8-14(20(22)24)5-2-13-3-6-16(23)7-4-13/h3-4,6-7,9-10,12,14,23H,2,5,8,11H2,1H3,(H2,22,24). The Balaban J connectivity index is 1.72. The van der Waals surface area contributed by atoms with Crippen LogP contribution in [0.3, 0.4) is 0 Å². The van der Waals surface area contributed by atoms with E-state index in [-0.39, 0.29) is 23.7 Å². The van der Waals surface area contributed by atoms with Gasteiger partial charge in [-0.15, -0.1) is 0 Å². The Hall–Kier alpha value is -2.21. The lowest BCUT2D eigenvalue weighted by Gasteiger charge is -2.25. The van der Waals surface area contributed by atoms with E-state index < -0.39 is 0 Å². The maximum Gasteiger partial charge on any atom is 0.220 e. The summed E-state index contributed by atoms with van der Waals surface area (Å²) >= 11 is 3.56. The molecule has 2 aromatic rings. The number of nitrogens with two attached hydrogens (primary N) is 1. The van der Waals surface area contributed by atoms with Gasteiger partial charge < -0.3 is 20.3 Å². The van der Waals surface area contributed by atoms with E-state index in [1.165, 1.54) is 0 Å². The third-order valence-corrected chi connectivity index (χ3v) is 5.24. The number of fused-ring (bicyclic) bond motifs is 1. The topological polar surface area (TPSA) is 81.8 Å². The van der Waals surface area contributed by atoms with E-state index >= 15 is 0 Å². The average Bonchev–Trinajstić information content (AvgIpc) is 2.60. The highest BCUT2D eigenvalue weighted by Crippen LogP contribution is 2.37. The van der Waals surface area contributed by atoms with Crippen LogP contribution in [-0.2, 0) is 17.6 Å². The number of rotatable bonds is 6. The fourth-order valence-corrected chi connectivity index (χ4v) is 3.49. The smallest absolute Gasteiger partial charge is 0.220 e. The summed E-state index contributed by atoms with van der Waals surface area (Å²) in [5, 5.41) is 9.36. The van der Waals surface area contributed by atoms with Crippen molar-refractivity contribution in [2.45, 2.75) is 32.3 Å². The van der Waals surface area contributed by atoms with E-state index in [4.69, 9.17) is 15.2 Å². The number of hydrogen-bond donors (Lipinski definition) is 2. The first-order valence-electron chi connectivity index (χ1n) is 8.61. The molecular formula is C20H22BrNO4. The first-order valence-corrected chi connectivity index (χ1v) is 9.40. The molecule has 6 heteroatoms. The van der Waals surface area contributed by atoms with Gasteiger partial charge in [-0.1, -0.05) is 28.1 Å². The Bertz CT molecular complexity index is 791. The van der Waals surface area contributed by atoms with E-state index in [1.807, 2.05) is 31.2 Å². The van der Waals surface area contributed by atoms with E-state index in [0.717, 1.165) is 15.6 Å². The summed E-state index contributed by atoms with van der Waals surface area (Å²) < 4.78 is 12.4. The Morgan fingerprint density at radius 3 is 2.73 bits per heavy atom. The molecule has 0 radical (unpaired) electrons. The summed E-state index contributed by atoms with van der Waals surface area (Å²) in [4.78, 5) is 11.9. The quantitative estimate of drug-likeness (QED) is 0.749. The second-order valence-corrected chi connectivity index (χ2v) is 7.49. The summed E-state index contributed by atoms with van der Waals surface area (Å²) in [5.74, 6) is 1.02. The first-order chi connectivity index (χ1) is 12.4. The summed E-state index contributed by atoms with van der Waals surface area (Å²) in [6.07, 6.45) is 1.88. The van der Waals surface area contributed by atoms with Crippen LogP contribution in [-0.4, -0.2) is 23.7 Å². The minimum Gasteiger partial charge on any atom is -0.508 e. The van der Waals surface area contributed by atoms with Crippen molar-refractivity contribution in [3.8, 4) is 17.2 Å². The van der Waals surface area contributed by atoms with Crippen LogP contribution in [0.15, 0.2) is 40.9 Å². The number of ether oxygens (including phenoxy) is 2. The first kappa shape index (κ1) is 18.6. The van der Waals surface area contributed by atoms with Gasteiger partial charge in [-0.2, -0.15) is 0 Å². The van der Waals surface area contributed by atoms with Crippen LogP contribution in [0.2, 0.25) is 0 Å². The maximum absolute atomic E-state index is 11.9. The Morgan fingerprint density at radius 1 is 1.31 bits per heavy atom. The molecule has 26 heavy (non-hydrogen) atoms. The molecule has 0 aliphatic carbocycles. The number of hydrogen-bond acceptors (Lipinski definition) is 4. The van der Waals surface area contributed by atoms with Crippen molar-refractivity contribution in [1.82, 2.24) is 0 Å². The lowest BCUT2D eigenvalue weighted by Crippen LogP contribution is -2.27. The largest absolute Gasteiger partial charge is 0.508 e. The van der Waals surface area contributed by atoms with Crippen LogP contribution in [0.4, 0.5) is 0 Å². The number of primary amides is 1. The van der Waals surface area contributed by atoms with Crippen LogP contribution in [0, 0.1) is 5.92 Å². The Morgan fingerprint density at radius 2 is 2.04 bits per heavy atom. The zero-order chi connectivity index (χ0) is 18.7. The van der Waals surface area contributed by atoms with E-state index in [2.05, 4.69) is 15.9 Å². The molecule has 2 unspecified atom stereocenters. The summed E-state index contributed by atoms with van der Waals surface area (Å²) in [5.41, 5.74) is 7.66. The van der Waals surface area contributed by atoms with Gasteiger partial charge in [0.1, 0.15) is 18.5 Å². The van der Waals surface area contributed by atoms with Gasteiger partial charge in [0.25, 0.3) is 0 Å². The Kier molecular flexibility index (Phi) is 5.71.